The Labute approximate surface area is 235 Å². The van der Waals surface area contributed by atoms with E-state index in [1.165, 1.54) is 6.34 Å². The lowest BCUT2D eigenvalue weighted by atomic mass is 10.0. The van der Waals surface area contributed by atoms with Crippen LogP contribution in [-0.2, 0) is 23.9 Å². The molecule has 1 aliphatic carbocycles. The zero-order chi connectivity index (χ0) is 29.7. The quantitative estimate of drug-likeness (QED) is 0.227. The molecular weight excluding hydrogens is 536 g/mol. The number of fused-ring (bicyclic) bond motifs is 1. The van der Waals surface area contributed by atoms with E-state index >= 15 is 0 Å². The average Bonchev–Trinajstić information content (AvgIpc) is 3.69. The van der Waals surface area contributed by atoms with Gasteiger partial charge in [-0.05, 0) is 56.9 Å². The number of carbonyl (C=O) groups is 5. The first-order valence-corrected chi connectivity index (χ1v) is 12.9. The number of carboxylic acids is 1. The van der Waals surface area contributed by atoms with Crippen LogP contribution in [0, 0.1) is 12.8 Å². The van der Waals surface area contributed by atoms with Gasteiger partial charge in [-0.2, -0.15) is 0 Å². The number of imide groups is 1. The van der Waals surface area contributed by atoms with Crippen molar-refractivity contribution in [3.05, 3.63) is 52.7 Å². The van der Waals surface area contributed by atoms with Crippen LogP contribution >= 0.6 is 0 Å². The number of amidine groups is 1. The van der Waals surface area contributed by atoms with E-state index in [-0.39, 0.29) is 25.0 Å². The van der Waals surface area contributed by atoms with Crippen LogP contribution in [-0.4, -0.2) is 83.0 Å². The molecule has 0 spiro atoms. The predicted molar refractivity (Wildman–Crippen MR) is 145 cm³/mol. The summed E-state index contributed by atoms with van der Waals surface area (Å²) in [7, 11) is 0. The Bertz CT molecular complexity index is 1390. The average molecular weight is 567 g/mol. The van der Waals surface area contributed by atoms with Gasteiger partial charge >= 0.3 is 18.0 Å². The van der Waals surface area contributed by atoms with E-state index in [1.807, 2.05) is 13.0 Å². The summed E-state index contributed by atoms with van der Waals surface area (Å²) in [5.41, 5.74) is 6.06. The Morgan fingerprint density at radius 1 is 1.20 bits per heavy atom. The van der Waals surface area contributed by atoms with Gasteiger partial charge in [0.1, 0.15) is 12.0 Å². The number of aryl methyl sites for hydroxylation is 1. The maximum Gasteiger partial charge on any atom is 0.419 e. The lowest BCUT2D eigenvalue weighted by molar-refractivity contribution is -0.147. The lowest BCUT2D eigenvalue weighted by Crippen LogP contribution is -2.45. The van der Waals surface area contributed by atoms with Gasteiger partial charge in [0.05, 0.1) is 18.2 Å². The van der Waals surface area contributed by atoms with Crippen molar-refractivity contribution in [3.8, 4) is 0 Å². The summed E-state index contributed by atoms with van der Waals surface area (Å²) < 4.78 is 9.53. The molecule has 2 heterocycles. The minimum Gasteiger partial charge on any atom is -0.478 e. The molecule has 1 aromatic carbocycles. The third kappa shape index (κ3) is 6.96. The molecule has 1 fully saturated rings. The topological polar surface area (TPSA) is 179 Å². The number of ether oxygens (including phenoxy) is 2. The molecular formula is C27H30N6O8. The van der Waals surface area contributed by atoms with Crippen molar-refractivity contribution in [2.24, 2.45) is 15.9 Å². The van der Waals surface area contributed by atoms with Crippen LogP contribution in [0.25, 0.3) is 0 Å². The molecule has 14 nitrogen and oxygen atoms in total. The lowest BCUT2D eigenvalue weighted by Gasteiger charge is -2.26. The second-order valence-corrected chi connectivity index (χ2v) is 9.51. The first-order valence-electron chi connectivity index (χ1n) is 12.9. The van der Waals surface area contributed by atoms with Crippen molar-refractivity contribution in [1.82, 2.24) is 20.7 Å². The maximum atomic E-state index is 13.4. The van der Waals surface area contributed by atoms with Crippen LogP contribution in [0.5, 0.6) is 0 Å². The summed E-state index contributed by atoms with van der Waals surface area (Å²) in [4.78, 5) is 70.5. The van der Waals surface area contributed by atoms with Crippen LogP contribution in [0.4, 0.5) is 10.5 Å². The number of rotatable bonds is 9. The highest BCUT2D eigenvalue weighted by atomic mass is 16.7. The molecule has 0 saturated heterocycles. The van der Waals surface area contributed by atoms with Crippen molar-refractivity contribution in [1.29, 1.82) is 0 Å². The number of hydrogen-bond donors (Lipinski definition) is 3. The Morgan fingerprint density at radius 2 is 1.95 bits per heavy atom. The van der Waals surface area contributed by atoms with Gasteiger partial charge in [0.25, 0.3) is 5.91 Å². The van der Waals surface area contributed by atoms with Crippen molar-refractivity contribution in [2.75, 3.05) is 19.9 Å². The monoisotopic (exact) mass is 566 g/mol. The summed E-state index contributed by atoms with van der Waals surface area (Å²) in [6, 6.07) is 5.48. The van der Waals surface area contributed by atoms with E-state index in [1.54, 1.807) is 31.0 Å². The van der Waals surface area contributed by atoms with E-state index < -0.39 is 36.6 Å². The molecule has 0 bridgehead atoms. The van der Waals surface area contributed by atoms with Gasteiger partial charge < -0.3 is 19.9 Å². The van der Waals surface area contributed by atoms with Gasteiger partial charge in [-0.3, -0.25) is 20.0 Å². The number of aliphatic carboxylic acids is 1. The molecule has 3 amide bonds. The number of aliphatic imine (C=N–C) groups is 2. The molecule has 1 aromatic rings. The van der Waals surface area contributed by atoms with E-state index in [2.05, 4.69) is 20.5 Å². The second kappa shape index (κ2) is 12.4. The first-order chi connectivity index (χ1) is 19.6. The number of hydrazine groups is 1. The molecule has 4 rings (SSSR count). The summed E-state index contributed by atoms with van der Waals surface area (Å²) in [6.07, 6.45) is 3.62. The van der Waals surface area contributed by atoms with Gasteiger partial charge in [-0.1, -0.05) is 6.07 Å². The molecule has 0 radical (unpaired) electrons. The number of amides is 3. The molecule has 1 unspecified atom stereocenters. The number of benzene rings is 1. The van der Waals surface area contributed by atoms with Crippen molar-refractivity contribution in [2.45, 2.75) is 39.7 Å². The standard InChI is InChI=1S/C27H30N6O8/c1-4-32(27(39)41-14-40-22(36)10-9-21(34)35)26(38)19-12-33-23(16(19)3)24(28-13-29-33)31-20-11-17(6-5-15(20)2)25(37)30-18-7-8-18/h5-6,9-11,13,18-19H,4,7-8,12,14H2,1-3H3,(H,30,37)(H,34,35)(H,28,29,31)/b10-9+. The Kier molecular flexibility index (Phi) is 8.80. The zero-order valence-electron chi connectivity index (χ0n) is 22.7. The SMILES string of the molecule is CCN(C(=O)OCOC(=O)/C=C/C(=O)O)C(=O)C1CN2NC=NC(=Nc3cc(C(=O)NC4CC4)ccc3C)C2=C1C. The molecule has 2 aliphatic heterocycles. The highest BCUT2D eigenvalue weighted by Crippen LogP contribution is 2.32. The van der Waals surface area contributed by atoms with E-state index in [9.17, 15) is 24.0 Å². The number of nitrogens with one attached hydrogen (secondary N) is 2. The fourth-order valence-corrected chi connectivity index (χ4v) is 4.22. The van der Waals surface area contributed by atoms with Crippen molar-refractivity contribution in [3.63, 3.8) is 0 Å². The second-order valence-electron chi connectivity index (χ2n) is 9.51. The minimum absolute atomic E-state index is 0.0105. The summed E-state index contributed by atoms with van der Waals surface area (Å²) in [5.74, 6) is -3.47. The fraction of sp³-hybridized carbons (Fsp3) is 0.370. The number of carbonyl (C=O) groups excluding carboxylic acids is 4. The Balaban J connectivity index is 1.49. The van der Waals surface area contributed by atoms with Crippen LogP contribution in [0.15, 0.2) is 51.6 Å². The van der Waals surface area contributed by atoms with E-state index in [0.717, 1.165) is 23.3 Å². The number of esters is 1. The normalized spacial score (nSPS) is 18.7. The summed E-state index contributed by atoms with van der Waals surface area (Å²) in [5, 5.41) is 13.2. The smallest absolute Gasteiger partial charge is 0.419 e. The van der Waals surface area contributed by atoms with Gasteiger partial charge in [-0.25, -0.2) is 29.3 Å². The molecule has 14 heteroatoms. The molecule has 216 valence electrons. The number of hydrogen-bond acceptors (Lipinski definition) is 10. The molecule has 3 aliphatic rings. The largest absolute Gasteiger partial charge is 0.478 e. The third-order valence-corrected chi connectivity index (χ3v) is 6.60. The van der Waals surface area contributed by atoms with Gasteiger partial charge in [0, 0.05) is 30.3 Å². The zero-order valence-corrected chi connectivity index (χ0v) is 22.7. The van der Waals surface area contributed by atoms with Crippen LogP contribution in [0.2, 0.25) is 0 Å². The van der Waals surface area contributed by atoms with Gasteiger partial charge in [0.15, 0.2) is 5.84 Å². The Morgan fingerprint density at radius 3 is 2.63 bits per heavy atom. The van der Waals surface area contributed by atoms with Crippen molar-refractivity contribution >= 4 is 47.7 Å². The van der Waals surface area contributed by atoms with E-state index in [4.69, 9.17) is 14.8 Å². The first kappa shape index (κ1) is 29.0. The van der Waals surface area contributed by atoms with Crippen LogP contribution in [0.1, 0.15) is 42.6 Å². The third-order valence-electron chi connectivity index (χ3n) is 6.60. The Hall–Kier alpha value is -5.01. The highest BCUT2D eigenvalue weighted by molar-refractivity contribution is 6.07. The summed E-state index contributed by atoms with van der Waals surface area (Å²) in [6.45, 7) is 4.59. The molecule has 41 heavy (non-hydrogen) atoms. The molecule has 1 saturated carbocycles. The number of carboxylic acid groups (broad SMARTS) is 1. The molecule has 0 aromatic heterocycles. The number of nitrogens with zero attached hydrogens (tertiary/aromatic N) is 4. The summed E-state index contributed by atoms with van der Waals surface area (Å²) >= 11 is 0. The van der Waals surface area contributed by atoms with Crippen molar-refractivity contribution < 1.29 is 38.6 Å². The molecule has 3 N–H and O–H groups in total. The van der Waals surface area contributed by atoms with Gasteiger partial charge in [0.2, 0.25) is 12.7 Å². The van der Waals surface area contributed by atoms with E-state index in [0.29, 0.717) is 40.5 Å². The maximum absolute atomic E-state index is 13.4. The van der Waals surface area contributed by atoms with Crippen LogP contribution in [0.3, 0.4) is 0 Å². The predicted octanol–water partition coefficient (Wildman–Crippen LogP) is 1.80. The minimum atomic E-state index is -1.34. The van der Waals surface area contributed by atoms with Gasteiger partial charge in [-0.15, -0.1) is 0 Å². The fourth-order valence-electron chi connectivity index (χ4n) is 4.22. The highest BCUT2D eigenvalue weighted by Gasteiger charge is 2.40. The molecule has 1 atom stereocenters. The van der Waals surface area contributed by atoms with Crippen LogP contribution < -0.4 is 10.7 Å².